The average molecular weight is 374 g/mol. The number of aliphatic hydroxyl groups is 1. The Morgan fingerprint density at radius 1 is 1.23 bits per heavy atom. The molecule has 1 fully saturated rings. The molecule has 0 spiro atoms. The first-order valence-electron chi connectivity index (χ1n) is 8.70. The van der Waals surface area contributed by atoms with E-state index in [0.29, 0.717) is 42.5 Å². The highest BCUT2D eigenvalue weighted by molar-refractivity contribution is 6.30. The van der Waals surface area contributed by atoms with Crippen LogP contribution < -0.4 is 4.74 Å². The number of ether oxygens (including phenoxy) is 2. The van der Waals surface area contributed by atoms with Crippen LogP contribution in [0.4, 0.5) is 0 Å². The van der Waals surface area contributed by atoms with E-state index < -0.39 is 6.10 Å². The molecule has 1 N–H and O–H groups in total. The summed E-state index contributed by atoms with van der Waals surface area (Å²) in [5, 5.41) is 10.7. The Bertz CT molecular complexity index is 808. The standard InChI is InChI=1S/C20H20ClNO4/c21-15-6-4-13(5-7-15)10-22-11-14-2-1-3-18(19(14)20(22)24)26-17-8-9-25-12-16(17)23/h1-7,16-17,23H,8-12H2/t16-,17-/m0/s1. The van der Waals surface area contributed by atoms with Gasteiger partial charge in [0.05, 0.1) is 18.8 Å². The van der Waals surface area contributed by atoms with E-state index in [0.717, 1.165) is 11.1 Å². The van der Waals surface area contributed by atoms with Gasteiger partial charge in [0.1, 0.15) is 18.0 Å². The van der Waals surface area contributed by atoms with Crippen molar-refractivity contribution in [1.29, 1.82) is 0 Å². The van der Waals surface area contributed by atoms with E-state index in [4.69, 9.17) is 21.1 Å². The molecule has 1 saturated heterocycles. The van der Waals surface area contributed by atoms with Crippen LogP contribution in [0.1, 0.15) is 27.9 Å². The second-order valence-electron chi connectivity index (χ2n) is 6.67. The predicted octanol–water partition coefficient (Wildman–Crippen LogP) is 3.02. The minimum absolute atomic E-state index is 0.0490. The molecule has 0 unspecified atom stereocenters. The van der Waals surface area contributed by atoms with E-state index in [-0.39, 0.29) is 18.6 Å². The lowest BCUT2D eigenvalue weighted by Crippen LogP contribution is -2.40. The summed E-state index contributed by atoms with van der Waals surface area (Å²) >= 11 is 5.93. The van der Waals surface area contributed by atoms with Crippen LogP contribution in [0.15, 0.2) is 42.5 Å². The van der Waals surface area contributed by atoms with Crippen LogP contribution in [0.3, 0.4) is 0 Å². The van der Waals surface area contributed by atoms with Crippen LogP contribution in [-0.2, 0) is 17.8 Å². The van der Waals surface area contributed by atoms with Crippen LogP contribution in [-0.4, -0.2) is 41.3 Å². The van der Waals surface area contributed by atoms with Crippen LogP contribution >= 0.6 is 11.6 Å². The zero-order chi connectivity index (χ0) is 18.1. The second-order valence-corrected chi connectivity index (χ2v) is 7.10. The molecular weight excluding hydrogens is 354 g/mol. The van der Waals surface area contributed by atoms with E-state index in [1.807, 2.05) is 36.4 Å². The average Bonchev–Trinajstić information content (AvgIpc) is 2.96. The minimum Gasteiger partial charge on any atom is -0.487 e. The number of rotatable bonds is 4. The monoisotopic (exact) mass is 373 g/mol. The van der Waals surface area contributed by atoms with Gasteiger partial charge in [0.15, 0.2) is 0 Å². The number of hydrogen-bond donors (Lipinski definition) is 1. The highest BCUT2D eigenvalue weighted by Gasteiger charge is 2.33. The summed E-state index contributed by atoms with van der Waals surface area (Å²) in [7, 11) is 0. The molecule has 136 valence electrons. The topological polar surface area (TPSA) is 59.0 Å². The fourth-order valence-corrected chi connectivity index (χ4v) is 3.55. The van der Waals surface area contributed by atoms with Crippen molar-refractivity contribution in [3.05, 3.63) is 64.2 Å². The number of aliphatic hydroxyl groups excluding tert-OH is 1. The van der Waals surface area contributed by atoms with Crippen molar-refractivity contribution in [2.24, 2.45) is 0 Å². The molecule has 2 aromatic rings. The Labute approximate surface area is 157 Å². The van der Waals surface area contributed by atoms with Crippen molar-refractivity contribution >= 4 is 17.5 Å². The van der Waals surface area contributed by atoms with Crippen LogP contribution in [0.2, 0.25) is 5.02 Å². The molecule has 2 aromatic carbocycles. The summed E-state index contributed by atoms with van der Waals surface area (Å²) in [5.41, 5.74) is 2.57. The summed E-state index contributed by atoms with van der Waals surface area (Å²) in [6.07, 6.45) is -0.428. The summed E-state index contributed by atoms with van der Waals surface area (Å²) in [6.45, 7) is 1.87. The summed E-state index contributed by atoms with van der Waals surface area (Å²) < 4.78 is 11.2. The molecule has 2 atom stereocenters. The largest absolute Gasteiger partial charge is 0.487 e. The zero-order valence-electron chi connectivity index (χ0n) is 14.2. The Kier molecular flexibility index (Phi) is 4.85. The van der Waals surface area contributed by atoms with Gasteiger partial charge in [0.25, 0.3) is 5.91 Å². The molecular formula is C20H20ClNO4. The zero-order valence-corrected chi connectivity index (χ0v) is 15.0. The predicted molar refractivity (Wildman–Crippen MR) is 97.3 cm³/mol. The van der Waals surface area contributed by atoms with Gasteiger partial charge in [-0.15, -0.1) is 0 Å². The molecule has 2 heterocycles. The minimum atomic E-state index is -0.679. The van der Waals surface area contributed by atoms with Crippen molar-refractivity contribution in [3.8, 4) is 5.75 Å². The lowest BCUT2D eigenvalue weighted by atomic mass is 10.1. The lowest BCUT2D eigenvalue weighted by Gasteiger charge is -2.28. The summed E-state index contributed by atoms with van der Waals surface area (Å²) in [4.78, 5) is 14.7. The van der Waals surface area contributed by atoms with Crippen molar-refractivity contribution < 1.29 is 19.4 Å². The third-order valence-corrected chi connectivity index (χ3v) is 5.06. The highest BCUT2D eigenvalue weighted by Crippen LogP contribution is 2.33. The van der Waals surface area contributed by atoms with E-state index in [1.165, 1.54) is 0 Å². The third-order valence-electron chi connectivity index (χ3n) is 4.80. The molecule has 4 rings (SSSR count). The molecule has 0 radical (unpaired) electrons. The van der Waals surface area contributed by atoms with E-state index >= 15 is 0 Å². The van der Waals surface area contributed by atoms with Crippen LogP contribution in [0, 0.1) is 0 Å². The molecule has 2 aliphatic rings. The maximum absolute atomic E-state index is 12.9. The first kappa shape index (κ1) is 17.3. The maximum Gasteiger partial charge on any atom is 0.258 e. The second kappa shape index (κ2) is 7.27. The van der Waals surface area contributed by atoms with Gasteiger partial charge in [0.2, 0.25) is 0 Å². The maximum atomic E-state index is 12.9. The molecule has 0 saturated carbocycles. The van der Waals surface area contributed by atoms with Crippen LogP contribution in [0.5, 0.6) is 5.75 Å². The van der Waals surface area contributed by atoms with Crippen LogP contribution in [0.25, 0.3) is 0 Å². The van der Waals surface area contributed by atoms with Gasteiger partial charge >= 0.3 is 0 Å². The van der Waals surface area contributed by atoms with Gasteiger partial charge in [-0.3, -0.25) is 4.79 Å². The Hall–Kier alpha value is -2.08. The summed E-state index contributed by atoms with van der Waals surface area (Å²) in [6, 6.07) is 13.1. The van der Waals surface area contributed by atoms with Crippen molar-refractivity contribution in [1.82, 2.24) is 4.90 Å². The third kappa shape index (κ3) is 3.43. The summed E-state index contributed by atoms with van der Waals surface area (Å²) in [5.74, 6) is 0.490. The number of nitrogens with zero attached hydrogens (tertiary/aromatic N) is 1. The fraction of sp³-hybridized carbons (Fsp3) is 0.350. The number of halogens is 1. The van der Waals surface area contributed by atoms with Crippen molar-refractivity contribution in [2.75, 3.05) is 13.2 Å². The highest BCUT2D eigenvalue weighted by atomic mass is 35.5. The molecule has 26 heavy (non-hydrogen) atoms. The first-order valence-corrected chi connectivity index (χ1v) is 9.07. The Balaban J connectivity index is 1.53. The number of carbonyl (C=O) groups is 1. The van der Waals surface area contributed by atoms with Gasteiger partial charge in [-0.05, 0) is 29.3 Å². The molecule has 5 nitrogen and oxygen atoms in total. The van der Waals surface area contributed by atoms with E-state index in [1.54, 1.807) is 11.0 Å². The van der Waals surface area contributed by atoms with Gasteiger partial charge < -0.3 is 19.5 Å². The van der Waals surface area contributed by atoms with E-state index in [9.17, 15) is 9.90 Å². The molecule has 0 aliphatic carbocycles. The number of carbonyl (C=O) groups excluding carboxylic acids is 1. The number of amides is 1. The molecule has 2 aliphatic heterocycles. The van der Waals surface area contributed by atoms with Gasteiger partial charge in [-0.2, -0.15) is 0 Å². The molecule has 1 amide bonds. The quantitative estimate of drug-likeness (QED) is 0.895. The number of fused-ring (bicyclic) bond motifs is 1. The van der Waals surface area contributed by atoms with Gasteiger partial charge in [-0.1, -0.05) is 35.9 Å². The normalized spacial score (nSPS) is 22.4. The smallest absolute Gasteiger partial charge is 0.258 e. The van der Waals surface area contributed by atoms with Gasteiger partial charge in [0, 0.05) is 24.5 Å². The Morgan fingerprint density at radius 3 is 2.81 bits per heavy atom. The Morgan fingerprint density at radius 2 is 2.04 bits per heavy atom. The van der Waals surface area contributed by atoms with Gasteiger partial charge in [-0.25, -0.2) is 0 Å². The van der Waals surface area contributed by atoms with Crippen molar-refractivity contribution in [3.63, 3.8) is 0 Å². The fourth-order valence-electron chi connectivity index (χ4n) is 3.43. The SMILES string of the molecule is O=C1c2c(cccc2O[C@H]2CCOC[C@@H]2O)CN1Cc1ccc(Cl)cc1. The molecule has 0 bridgehead atoms. The molecule has 0 aromatic heterocycles. The van der Waals surface area contributed by atoms with Crippen molar-refractivity contribution in [2.45, 2.75) is 31.7 Å². The number of benzene rings is 2. The van der Waals surface area contributed by atoms with E-state index in [2.05, 4.69) is 0 Å². The first-order chi connectivity index (χ1) is 12.6. The molecule has 6 heteroatoms. The number of hydrogen-bond acceptors (Lipinski definition) is 4. The lowest BCUT2D eigenvalue weighted by molar-refractivity contribution is -0.0752.